The fraction of sp³-hybridized carbons (Fsp3) is 0.643. The molecule has 0 aromatic carbocycles. The Morgan fingerprint density at radius 1 is 1.45 bits per heavy atom. The number of carboxylic acid groups (broad SMARTS) is 1. The van der Waals surface area contributed by atoms with Crippen LogP contribution < -0.4 is 5.32 Å². The molecule has 1 amide bonds. The molecule has 0 bridgehead atoms. The zero-order valence-corrected chi connectivity index (χ0v) is 11.8. The number of hydrogen-bond acceptors (Lipinski definition) is 4. The topological polar surface area (TPSA) is 92.4 Å². The highest BCUT2D eigenvalue weighted by atomic mass is 16.5. The lowest BCUT2D eigenvalue weighted by Crippen LogP contribution is -2.49. The van der Waals surface area contributed by atoms with Crippen LogP contribution in [0.3, 0.4) is 0 Å². The number of aliphatic carboxylic acids is 1. The summed E-state index contributed by atoms with van der Waals surface area (Å²) in [5.41, 5.74) is 0.0714. The molecule has 2 N–H and O–H groups in total. The summed E-state index contributed by atoms with van der Waals surface area (Å²) in [5, 5.41) is 15.7. The third-order valence-electron chi connectivity index (χ3n) is 3.97. The van der Waals surface area contributed by atoms with E-state index in [0.29, 0.717) is 18.8 Å². The number of carboxylic acids is 1. The third-order valence-corrected chi connectivity index (χ3v) is 3.97. The molecular weight excluding hydrogens is 260 g/mol. The largest absolute Gasteiger partial charge is 0.481 e. The molecule has 0 saturated heterocycles. The van der Waals surface area contributed by atoms with E-state index in [4.69, 9.17) is 9.63 Å². The van der Waals surface area contributed by atoms with E-state index < -0.39 is 17.4 Å². The first kappa shape index (κ1) is 14.6. The van der Waals surface area contributed by atoms with Crippen LogP contribution in [0.1, 0.15) is 68.1 Å². The standard InChI is InChI=1S/C14H20N2O4/c1-3-14(4-2,8-12(17)18)15-13(19)11-7-10(16-20-11)9-5-6-9/h7,9H,3-6,8H2,1-2H3,(H,15,19)(H,17,18). The zero-order chi connectivity index (χ0) is 14.8. The third kappa shape index (κ3) is 3.18. The molecule has 0 atom stereocenters. The van der Waals surface area contributed by atoms with Crippen molar-refractivity contribution in [2.75, 3.05) is 0 Å². The highest BCUT2D eigenvalue weighted by Crippen LogP contribution is 2.39. The van der Waals surface area contributed by atoms with Crippen molar-refractivity contribution in [2.45, 2.75) is 57.4 Å². The van der Waals surface area contributed by atoms with E-state index in [0.717, 1.165) is 18.5 Å². The summed E-state index contributed by atoms with van der Waals surface area (Å²) in [6, 6.07) is 1.66. The van der Waals surface area contributed by atoms with E-state index in [1.807, 2.05) is 13.8 Å². The molecule has 2 rings (SSSR count). The van der Waals surface area contributed by atoms with E-state index >= 15 is 0 Å². The summed E-state index contributed by atoms with van der Waals surface area (Å²) in [5.74, 6) is -0.746. The molecule has 110 valence electrons. The molecule has 1 aliphatic rings. The average Bonchev–Trinajstić information content (AvgIpc) is 3.14. The minimum atomic E-state index is -0.926. The molecule has 1 fully saturated rings. The molecule has 1 aliphatic carbocycles. The van der Waals surface area contributed by atoms with Gasteiger partial charge in [0.15, 0.2) is 0 Å². The Hall–Kier alpha value is -1.85. The van der Waals surface area contributed by atoms with Gasteiger partial charge in [0.25, 0.3) is 5.91 Å². The van der Waals surface area contributed by atoms with Gasteiger partial charge in [0.1, 0.15) is 0 Å². The summed E-state index contributed by atoms with van der Waals surface area (Å²) in [4.78, 5) is 23.1. The molecule has 20 heavy (non-hydrogen) atoms. The normalized spacial score (nSPS) is 15.1. The van der Waals surface area contributed by atoms with Gasteiger partial charge in [-0.15, -0.1) is 0 Å². The van der Waals surface area contributed by atoms with Crippen molar-refractivity contribution in [3.63, 3.8) is 0 Å². The smallest absolute Gasteiger partial charge is 0.305 e. The van der Waals surface area contributed by atoms with E-state index in [1.165, 1.54) is 0 Å². The number of nitrogens with one attached hydrogen (secondary N) is 1. The van der Waals surface area contributed by atoms with Gasteiger partial charge in [0, 0.05) is 12.0 Å². The lowest BCUT2D eigenvalue weighted by atomic mass is 9.89. The molecule has 1 saturated carbocycles. The van der Waals surface area contributed by atoms with Crippen LogP contribution >= 0.6 is 0 Å². The predicted octanol–water partition coefficient (Wildman–Crippen LogP) is 2.32. The van der Waals surface area contributed by atoms with Crippen molar-refractivity contribution in [3.8, 4) is 0 Å². The summed E-state index contributed by atoms with van der Waals surface area (Å²) < 4.78 is 5.06. The summed E-state index contributed by atoms with van der Waals surface area (Å²) in [6.45, 7) is 3.73. The maximum Gasteiger partial charge on any atom is 0.305 e. The van der Waals surface area contributed by atoms with E-state index in [9.17, 15) is 9.59 Å². The van der Waals surface area contributed by atoms with Gasteiger partial charge in [-0.1, -0.05) is 19.0 Å². The zero-order valence-electron chi connectivity index (χ0n) is 11.8. The molecule has 1 aromatic rings. The molecule has 6 heteroatoms. The Bertz CT molecular complexity index is 501. The molecule has 1 aromatic heterocycles. The number of nitrogens with zero attached hydrogens (tertiary/aromatic N) is 1. The van der Waals surface area contributed by atoms with Crippen LogP contribution in [0.5, 0.6) is 0 Å². The van der Waals surface area contributed by atoms with Gasteiger partial charge in [-0.05, 0) is 25.7 Å². The second kappa shape index (κ2) is 5.64. The molecule has 0 aliphatic heterocycles. The van der Waals surface area contributed by atoms with Crippen molar-refractivity contribution < 1.29 is 19.2 Å². The van der Waals surface area contributed by atoms with Crippen molar-refractivity contribution >= 4 is 11.9 Å². The van der Waals surface area contributed by atoms with Crippen LogP contribution in [-0.2, 0) is 4.79 Å². The Kier molecular flexibility index (Phi) is 4.11. The Morgan fingerprint density at radius 3 is 2.60 bits per heavy atom. The van der Waals surface area contributed by atoms with Gasteiger partial charge in [-0.25, -0.2) is 0 Å². The number of carbonyl (C=O) groups is 2. The molecule has 0 radical (unpaired) electrons. The monoisotopic (exact) mass is 280 g/mol. The SMILES string of the molecule is CCC(CC)(CC(=O)O)NC(=O)c1cc(C2CC2)no1. The van der Waals surface area contributed by atoms with Gasteiger partial charge in [-0.3, -0.25) is 9.59 Å². The quantitative estimate of drug-likeness (QED) is 0.799. The van der Waals surface area contributed by atoms with Crippen molar-refractivity contribution in [3.05, 3.63) is 17.5 Å². The first-order valence-corrected chi connectivity index (χ1v) is 7.00. The average molecular weight is 280 g/mol. The molecule has 6 nitrogen and oxygen atoms in total. The first-order valence-electron chi connectivity index (χ1n) is 7.00. The lowest BCUT2D eigenvalue weighted by molar-refractivity contribution is -0.138. The minimum Gasteiger partial charge on any atom is -0.481 e. The van der Waals surface area contributed by atoms with Crippen molar-refractivity contribution in [2.24, 2.45) is 0 Å². The Labute approximate surface area is 117 Å². The second-order valence-electron chi connectivity index (χ2n) is 5.40. The van der Waals surface area contributed by atoms with E-state index in [-0.39, 0.29) is 12.2 Å². The molecule has 0 unspecified atom stereocenters. The first-order chi connectivity index (χ1) is 9.49. The Balaban J connectivity index is 2.08. The molecule has 1 heterocycles. The van der Waals surface area contributed by atoms with Crippen molar-refractivity contribution in [1.29, 1.82) is 0 Å². The van der Waals surface area contributed by atoms with Gasteiger partial charge >= 0.3 is 5.97 Å². The van der Waals surface area contributed by atoms with E-state index in [2.05, 4.69) is 10.5 Å². The van der Waals surface area contributed by atoms with Crippen LogP contribution in [0.15, 0.2) is 10.6 Å². The van der Waals surface area contributed by atoms with E-state index in [1.54, 1.807) is 6.07 Å². The molecular formula is C14H20N2O4. The fourth-order valence-electron chi connectivity index (χ4n) is 2.28. The van der Waals surface area contributed by atoms with Crippen molar-refractivity contribution in [1.82, 2.24) is 10.5 Å². The van der Waals surface area contributed by atoms with Crippen LogP contribution in [0.4, 0.5) is 0 Å². The summed E-state index contributed by atoms with van der Waals surface area (Å²) >= 11 is 0. The minimum absolute atomic E-state index is 0.102. The fourth-order valence-corrected chi connectivity index (χ4v) is 2.28. The maximum atomic E-state index is 12.2. The highest BCUT2D eigenvalue weighted by Gasteiger charge is 2.33. The van der Waals surface area contributed by atoms with Crippen LogP contribution in [-0.4, -0.2) is 27.7 Å². The highest BCUT2D eigenvalue weighted by molar-refractivity contribution is 5.92. The number of carbonyl (C=O) groups excluding carboxylic acids is 1. The number of rotatable bonds is 7. The van der Waals surface area contributed by atoms with Crippen LogP contribution in [0, 0.1) is 0 Å². The summed E-state index contributed by atoms with van der Waals surface area (Å²) in [6.07, 6.45) is 3.16. The predicted molar refractivity (Wildman–Crippen MR) is 71.5 cm³/mol. The van der Waals surface area contributed by atoms with Crippen LogP contribution in [0.2, 0.25) is 0 Å². The Morgan fingerprint density at radius 2 is 2.10 bits per heavy atom. The second-order valence-corrected chi connectivity index (χ2v) is 5.40. The maximum absolute atomic E-state index is 12.2. The van der Waals surface area contributed by atoms with Gasteiger partial charge in [-0.2, -0.15) is 0 Å². The van der Waals surface area contributed by atoms with Gasteiger partial charge in [0.05, 0.1) is 17.7 Å². The molecule has 0 spiro atoms. The van der Waals surface area contributed by atoms with Gasteiger partial charge < -0.3 is 14.9 Å². The summed E-state index contributed by atoms with van der Waals surface area (Å²) in [7, 11) is 0. The van der Waals surface area contributed by atoms with Crippen LogP contribution in [0.25, 0.3) is 0 Å². The number of aromatic nitrogens is 1. The lowest BCUT2D eigenvalue weighted by Gasteiger charge is -2.30. The van der Waals surface area contributed by atoms with Gasteiger partial charge in [0.2, 0.25) is 5.76 Å². The number of amides is 1. The number of hydrogen-bond donors (Lipinski definition) is 2.